The van der Waals surface area contributed by atoms with E-state index in [2.05, 4.69) is 0 Å². The fourth-order valence-corrected chi connectivity index (χ4v) is 2.34. The van der Waals surface area contributed by atoms with Gasteiger partial charge in [-0.2, -0.15) is 0 Å². The highest BCUT2D eigenvalue weighted by Gasteiger charge is 2.33. The van der Waals surface area contributed by atoms with Crippen molar-refractivity contribution in [1.29, 1.82) is 0 Å². The lowest BCUT2D eigenvalue weighted by Gasteiger charge is -2.26. The predicted octanol–water partition coefficient (Wildman–Crippen LogP) is 1.57. The molecule has 0 aromatic heterocycles. The molecule has 3 rings (SSSR count). The van der Waals surface area contributed by atoms with Gasteiger partial charge in [-0.3, -0.25) is 0 Å². The highest BCUT2D eigenvalue weighted by molar-refractivity contribution is 5.45. The highest BCUT2D eigenvalue weighted by Crippen LogP contribution is 2.36. The van der Waals surface area contributed by atoms with Gasteiger partial charge in [-0.05, 0) is 24.6 Å². The second kappa shape index (κ2) is 4.42. The van der Waals surface area contributed by atoms with Crippen molar-refractivity contribution in [3.63, 3.8) is 0 Å². The number of fused-ring (bicyclic) bond motifs is 1. The normalized spacial score (nSPS) is 22.1. The summed E-state index contributed by atoms with van der Waals surface area (Å²) in [4.78, 5) is 0. The summed E-state index contributed by atoms with van der Waals surface area (Å²) in [5, 5.41) is 0. The first kappa shape index (κ1) is 11.8. The minimum Gasteiger partial charge on any atom is -0.454 e. The third kappa shape index (κ3) is 2.16. The van der Waals surface area contributed by atoms with Crippen molar-refractivity contribution < 1.29 is 18.9 Å². The molecule has 98 valence electrons. The van der Waals surface area contributed by atoms with Gasteiger partial charge in [0.25, 0.3) is 0 Å². The summed E-state index contributed by atoms with van der Waals surface area (Å²) in [6.45, 7) is 3.46. The fraction of sp³-hybridized carbons (Fsp3) is 0.538. The van der Waals surface area contributed by atoms with Crippen LogP contribution in [0.25, 0.3) is 0 Å². The van der Waals surface area contributed by atoms with Gasteiger partial charge in [0, 0.05) is 12.5 Å². The molecule has 0 aliphatic carbocycles. The maximum atomic E-state index is 6.20. The number of rotatable bonds is 3. The number of hydrogen-bond acceptors (Lipinski definition) is 5. The van der Waals surface area contributed by atoms with Gasteiger partial charge >= 0.3 is 0 Å². The molecule has 2 heterocycles. The van der Waals surface area contributed by atoms with Crippen LogP contribution in [0, 0.1) is 0 Å². The minimum absolute atomic E-state index is 0.150. The van der Waals surface area contributed by atoms with E-state index in [9.17, 15) is 0 Å². The van der Waals surface area contributed by atoms with Crippen LogP contribution in [0.3, 0.4) is 0 Å². The summed E-state index contributed by atoms with van der Waals surface area (Å²) in [6.07, 6.45) is 0.618. The smallest absolute Gasteiger partial charge is 0.231 e. The molecule has 0 saturated carbocycles. The van der Waals surface area contributed by atoms with Crippen molar-refractivity contribution in [3.8, 4) is 11.5 Å². The first-order valence-corrected chi connectivity index (χ1v) is 6.09. The second-order valence-electron chi connectivity index (χ2n) is 4.75. The third-order valence-corrected chi connectivity index (χ3v) is 3.31. The lowest BCUT2D eigenvalue weighted by atomic mass is 10.00. The highest BCUT2D eigenvalue weighted by atomic mass is 16.7. The van der Waals surface area contributed by atoms with E-state index in [1.165, 1.54) is 0 Å². The number of ether oxygens (including phenoxy) is 4. The third-order valence-electron chi connectivity index (χ3n) is 3.31. The number of nitrogens with two attached hydrogens (primary N) is 1. The van der Waals surface area contributed by atoms with Crippen molar-refractivity contribution in [2.75, 3.05) is 20.0 Å². The van der Waals surface area contributed by atoms with Crippen molar-refractivity contribution >= 4 is 0 Å². The van der Waals surface area contributed by atoms with Crippen LogP contribution < -0.4 is 15.2 Å². The Morgan fingerprint density at radius 1 is 1.22 bits per heavy atom. The topological polar surface area (TPSA) is 62.9 Å². The number of hydrogen-bond donors (Lipinski definition) is 1. The minimum atomic E-state index is -0.574. The molecule has 2 N–H and O–H groups in total. The van der Waals surface area contributed by atoms with Crippen molar-refractivity contribution in [2.24, 2.45) is 5.73 Å². The van der Waals surface area contributed by atoms with Crippen molar-refractivity contribution in [2.45, 2.75) is 25.2 Å². The molecule has 5 heteroatoms. The largest absolute Gasteiger partial charge is 0.454 e. The zero-order chi connectivity index (χ0) is 12.6. The van der Waals surface area contributed by atoms with Crippen LogP contribution in [0.1, 0.15) is 24.9 Å². The molecule has 0 spiro atoms. The summed E-state index contributed by atoms with van der Waals surface area (Å²) >= 11 is 0. The molecular weight excluding hydrogens is 234 g/mol. The zero-order valence-electron chi connectivity index (χ0n) is 10.3. The zero-order valence-corrected chi connectivity index (χ0v) is 10.3. The quantitative estimate of drug-likeness (QED) is 0.883. The average molecular weight is 251 g/mol. The maximum Gasteiger partial charge on any atom is 0.231 e. The van der Waals surface area contributed by atoms with E-state index in [0.29, 0.717) is 19.6 Å². The Bertz CT molecular complexity index is 443. The molecule has 2 aliphatic rings. The van der Waals surface area contributed by atoms with E-state index in [0.717, 1.165) is 17.1 Å². The van der Waals surface area contributed by atoms with Crippen LogP contribution in [0.15, 0.2) is 18.2 Å². The molecule has 0 radical (unpaired) electrons. The van der Waals surface area contributed by atoms with Gasteiger partial charge in [-0.25, -0.2) is 0 Å². The Labute approximate surface area is 106 Å². The van der Waals surface area contributed by atoms with Crippen LogP contribution in [-0.2, 0) is 9.47 Å². The monoisotopic (exact) mass is 251 g/mol. The molecule has 2 aliphatic heterocycles. The Kier molecular flexibility index (Phi) is 2.89. The van der Waals surface area contributed by atoms with Crippen LogP contribution in [0.4, 0.5) is 0 Å². The van der Waals surface area contributed by atoms with Crippen LogP contribution in [0.2, 0.25) is 0 Å². The maximum absolute atomic E-state index is 6.20. The van der Waals surface area contributed by atoms with Crippen LogP contribution in [-0.4, -0.2) is 25.8 Å². The molecule has 1 aromatic carbocycles. The molecular formula is C13H17NO4. The van der Waals surface area contributed by atoms with E-state index in [4.69, 9.17) is 24.7 Å². The first-order chi connectivity index (χ1) is 8.66. The molecule has 1 unspecified atom stereocenters. The van der Waals surface area contributed by atoms with Crippen molar-refractivity contribution in [1.82, 2.24) is 0 Å². The van der Waals surface area contributed by atoms with E-state index in [1.807, 2.05) is 25.1 Å². The molecule has 0 bridgehead atoms. The molecule has 1 saturated heterocycles. The molecule has 1 aromatic rings. The first-order valence-electron chi connectivity index (χ1n) is 6.09. The molecule has 1 atom stereocenters. The Hall–Kier alpha value is -1.30. The van der Waals surface area contributed by atoms with Crippen LogP contribution in [0.5, 0.6) is 11.5 Å². The second-order valence-corrected chi connectivity index (χ2v) is 4.75. The lowest BCUT2D eigenvalue weighted by Crippen LogP contribution is -2.31. The van der Waals surface area contributed by atoms with E-state index < -0.39 is 5.79 Å². The molecule has 0 amide bonds. The van der Waals surface area contributed by atoms with Gasteiger partial charge in [-0.15, -0.1) is 0 Å². The van der Waals surface area contributed by atoms with Gasteiger partial charge in [0.2, 0.25) is 6.79 Å². The van der Waals surface area contributed by atoms with E-state index >= 15 is 0 Å². The Balaban J connectivity index is 1.74. The van der Waals surface area contributed by atoms with Gasteiger partial charge in [0.1, 0.15) is 0 Å². The van der Waals surface area contributed by atoms with E-state index in [1.54, 1.807) is 0 Å². The lowest BCUT2D eigenvalue weighted by molar-refractivity contribution is -0.150. The van der Waals surface area contributed by atoms with Gasteiger partial charge in [-0.1, -0.05) is 6.07 Å². The van der Waals surface area contributed by atoms with Crippen LogP contribution >= 0.6 is 0 Å². The Morgan fingerprint density at radius 2 is 1.94 bits per heavy atom. The summed E-state index contributed by atoms with van der Waals surface area (Å²) in [6, 6.07) is 5.61. The van der Waals surface area contributed by atoms with Crippen molar-refractivity contribution in [3.05, 3.63) is 23.8 Å². The van der Waals surface area contributed by atoms with Gasteiger partial charge in [0.05, 0.1) is 13.2 Å². The summed E-state index contributed by atoms with van der Waals surface area (Å²) < 4.78 is 21.8. The number of benzene rings is 1. The average Bonchev–Trinajstić information content (AvgIpc) is 2.96. The molecule has 1 fully saturated rings. The standard InChI is InChI=1S/C13H17NO4/c1-13(17-4-5-18-13)7-10(14)9-2-3-11-12(6-9)16-8-15-11/h2-3,6,10H,4-5,7-8,14H2,1H3. The van der Waals surface area contributed by atoms with Gasteiger partial charge < -0.3 is 24.7 Å². The predicted molar refractivity (Wildman–Crippen MR) is 64.4 cm³/mol. The summed E-state index contributed by atoms with van der Waals surface area (Å²) in [5.74, 6) is 0.947. The molecule has 18 heavy (non-hydrogen) atoms. The fourth-order valence-electron chi connectivity index (χ4n) is 2.34. The summed E-state index contributed by atoms with van der Waals surface area (Å²) in [5.41, 5.74) is 7.20. The van der Waals surface area contributed by atoms with Gasteiger partial charge in [0.15, 0.2) is 17.3 Å². The summed E-state index contributed by atoms with van der Waals surface area (Å²) in [7, 11) is 0. The Morgan fingerprint density at radius 3 is 2.72 bits per heavy atom. The van der Waals surface area contributed by atoms with E-state index in [-0.39, 0.29) is 12.8 Å². The molecule has 5 nitrogen and oxygen atoms in total. The SMILES string of the molecule is CC1(CC(N)c2ccc3c(c2)OCO3)OCCO1.